The molecule has 0 amide bonds. The zero-order valence-electron chi connectivity index (χ0n) is 8.99. The van der Waals surface area contributed by atoms with Crippen LogP contribution in [0.3, 0.4) is 0 Å². The highest BCUT2D eigenvalue weighted by Gasteiger charge is 2.22. The molecule has 0 fully saturated rings. The van der Waals surface area contributed by atoms with Crippen molar-refractivity contribution in [1.29, 1.82) is 0 Å². The maximum Gasteiger partial charge on any atom is 0.181 e. The van der Waals surface area contributed by atoms with E-state index in [1.807, 2.05) is 13.8 Å². The van der Waals surface area contributed by atoms with E-state index >= 15 is 0 Å². The summed E-state index contributed by atoms with van der Waals surface area (Å²) >= 11 is 5.85. The van der Waals surface area contributed by atoms with Crippen molar-refractivity contribution in [3.05, 3.63) is 23.0 Å². The molecule has 0 saturated heterocycles. The van der Waals surface area contributed by atoms with Gasteiger partial charge in [0.1, 0.15) is 10.0 Å². The van der Waals surface area contributed by atoms with Crippen LogP contribution in [0.4, 0.5) is 0 Å². The zero-order valence-corrected chi connectivity index (χ0v) is 10.6. The van der Waals surface area contributed by atoms with E-state index in [4.69, 9.17) is 11.6 Å². The molecule has 0 N–H and O–H groups in total. The van der Waals surface area contributed by atoms with Crippen LogP contribution in [0.5, 0.6) is 0 Å². The average molecular weight is 248 g/mol. The van der Waals surface area contributed by atoms with E-state index in [-0.39, 0.29) is 21.7 Å². The molecule has 0 aliphatic carbocycles. The highest BCUT2D eigenvalue weighted by atomic mass is 35.5. The minimum atomic E-state index is -3.30. The number of rotatable bonds is 3. The minimum absolute atomic E-state index is 0.0398. The third-order valence-corrected chi connectivity index (χ3v) is 4.41. The van der Waals surface area contributed by atoms with E-state index in [9.17, 15) is 8.42 Å². The van der Waals surface area contributed by atoms with Gasteiger partial charge in [-0.3, -0.25) is 0 Å². The topological polar surface area (TPSA) is 47.0 Å². The van der Waals surface area contributed by atoms with Gasteiger partial charge in [-0.15, -0.1) is 0 Å². The van der Waals surface area contributed by atoms with Gasteiger partial charge in [0.05, 0.1) is 5.75 Å². The van der Waals surface area contributed by atoms with Crippen LogP contribution in [0.15, 0.2) is 17.2 Å². The first kappa shape index (κ1) is 12.5. The smallest absolute Gasteiger partial charge is 0.181 e. The molecule has 0 aliphatic rings. The molecule has 1 aromatic heterocycles. The van der Waals surface area contributed by atoms with Crippen molar-refractivity contribution >= 4 is 21.4 Å². The van der Waals surface area contributed by atoms with E-state index < -0.39 is 9.84 Å². The molecular weight excluding hydrogens is 234 g/mol. The van der Waals surface area contributed by atoms with Crippen molar-refractivity contribution in [3.8, 4) is 0 Å². The van der Waals surface area contributed by atoms with Gasteiger partial charge in [-0.25, -0.2) is 13.4 Å². The molecule has 5 heteroatoms. The monoisotopic (exact) mass is 247 g/mol. The van der Waals surface area contributed by atoms with E-state index in [0.29, 0.717) is 0 Å². The van der Waals surface area contributed by atoms with Crippen molar-refractivity contribution in [2.45, 2.75) is 31.6 Å². The molecule has 0 aromatic carbocycles. The molecule has 84 valence electrons. The summed E-state index contributed by atoms with van der Waals surface area (Å²) in [7, 11) is -3.30. The summed E-state index contributed by atoms with van der Waals surface area (Å²) in [5, 5.41) is 0.0723. The lowest BCUT2D eigenvalue weighted by Gasteiger charge is -2.12. The van der Waals surface area contributed by atoms with Crippen molar-refractivity contribution in [2.75, 3.05) is 5.75 Å². The van der Waals surface area contributed by atoms with Crippen LogP contribution in [0.25, 0.3) is 0 Å². The van der Waals surface area contributed by atoms with E-state index in [0.717, 1.165) is 5.56 Å². The lowest BCUT2D eigenvalue weighted by Crippen LogP contribution is -2.10. The summed E-state index contributed by atoms with van der Waals surface area (Å²) in [5.41, 5.74) is 0.733. The molecule has 0 atom stereocenters. The second-order valence-corrected chi connectivity index (χ2v) is 6.15. The molecule has 1 aromatic rings. The molecule has 0 aliphatic heterocycles. The summed E-state index contributed by atoms with van der Waals surface area (Å²) < 4.78 is 23.6. The molecule has 1 heterocycles. The fourth-order valence-corrected chi connectivity index (χ4v) is 3.12. The van der Waals surface area contributed by atoms with Gasteiger partial charge in [-0.05, 0) is 17.5 Å². The first-order chi connectivity index (χ1) is 6.90. The Labute approximate surface area is 95.4 Å². The fourth-order valence-electron chi connectivity index (χ4n) is 1.34. The fraction of sp³-hybridized carbons (Fsp3) is 0.500. The van der Waals surface area contributed by atoms with Crippen molar-refractivity contribution in [2.24, 2.45) is 0 Å². The highest BCUT2D eigenvalue weighted by molar-refractivity contribution is 7.91. The van der Waals surface area contributed by atoms with Crippen molar-refractivity contribution < 1.29 is 8.42 Å². The maximum atomic E-state index is 11.8. The first-order valence-corrected chi connectivity index (χ1v) is 6.80. The van der Waals surface area contributed by atoms with Crippen LogP contribution in [0.1, 0.15) is 32.3 Å². The molecule has 0 unspecified atom stereocenters. The standard InChI is InChI=1S/C10H14ClNO2S/c1-4-15(13,14)9-8(7(2)3)5-6-12-10(9)11/h5-7H,4H2,1-3H3. The average Bonchev–Trinajstić information content (AvgIpc) is 2.17. The lowest BCUT2D eigenvalue weighted by atomic mass is 10.1. The summed E-state index contributed by atoms with van der Waals surface area (Å²) in [5.74, 6) is 0.153. The highest BCUT2D eigenvalue weighted by Crippen LogP contribution is 2.29. The first-order valence-electron chi connectivity index (χ1n) is 4.77. The summed E-state index contributed by atoms with van der Waals surface area (Å²) in [6, 6.07) is 1.71. The minimum Gasteiger partial charge on any atom is -0.243 e. The van der Waals surface area contributed by atoms with Crippen LogP contribution in [-0.2, 0) is 9.84 Å². The van der Waals surface area contributed by atoms with Gasteiger partial charge in [0.2, 0.25) is 0 Å². The van der Waals surface area contributed by atoms with Gasteiger partial charge < -0.3 is 0 Å². The molecule has 0 radical (unpaired) electrons. The van der Waals surface area contributed by atoms with Crippen LogP contribution < -0.4 is 0 Å². The summed E-state index contributed by atoms with van der Waals surface area (Å²) in [6.45, 7) is 5.46. The third kappa shape index (κ3) is 2.49. The maximum absolute atomic E-state index is 11.8. The summed E-state index contributed by atoms with van der Waals surface area (Å²) in [4.78, 5) is 4.01. The second kappa shape index (κ2) is 4.49. The van der Waals surface area contributed by atoms with Gasteiger partial charge in [-0.2, -0.15) is 0 Å². The number of halogens is 1. The molecule has 0 spiro atoms. The number of pyridine rings is 1. The predicted molar refractivity (Wildman–Crippen MR) is 61.1 cm³/mol. The molecule has 0 saturated carbocycles. The molecule has 1 rings (SSSR count). The Bertz CT molecular complexity index is 454. The van der Waals surface area contributed by atoms with Crippen LogP contribution in [0, 0.1) is 0 Å². The Balaban J connectivity index is 3.52. The van der Waals surface area contributed by atoms with Gasteiger partial charge in [0.15, 0.2) is 9.84 Å². The number of hydrogen-bond donors (Lipinski definition) is 0. The lowest BCUT2D eigenvalue weighted by molar-refractivity contribution is 0.594. The molecular formula is C10H14ClNO2S. The van der Waals surface area contributed by atoms with Gasteiger partial charge in [0, 0.05) is 6.20 Å². The Hall–Kier alpha value is -0.610. The summed E-state index contributed by atoms with van der Waals surface area (Å²) in [6.07, 6.45) is 1.53. The van der Waals surface area contributed by atoms with Crippen LogP contribution in [0.2, 0.25) is 5.15 Å². The molecule has 3 nitrogen and oxygen atoms in total. The third-order valence-electron chi connectivity index (χ3n) is 2.20. The molecule has 0 bridgehead atoms. The SMILES string of the molecule is CCS(=O)(=O)c1c(C(C)C)ccnc1Cl. The number of sulfone groups is 1. The van der Waals surface area contributed by atoms with Crippen LogP contribution in [-0.4, -0.2) is 19.2 Å². The Morgan fingerprint density at radius 3 is 2.53 bits per heavy atom. The van der Waals surface area contributed by atoms with E-state index in [1.54, 1.807) is 13.0 Å². The van der Waals surface area contributed by atoms with E-state index in [1.165, 1.54) is 6.20 Å². The normalized spacial score (nSPS) is 12.1. The van der Waals surface area contributed by atoms with Crippen LogP contribution >= 0.6 is 11.6 Å². The van der Waals surface area contributed by atoms with Crippen molar-refractivity contribution in [1.82, 2.24) is 4.98 Å². The Kier molecular flexibility index (Phi) is 3.73. The van der Waals surface area contributed by atoms with E-state index in [2.05, 4.69) is 4.98 Å². The van der Waals surface area contributed by atoms with Crippen molar-refractivity contribution in [3.63, 3.8) is 0 Å². The second-order valence-electron chi connectivity index (χ2n) is 3.58. The Morgan fingerprint density at radius 2 is 2.07 bits per heavy atom. The quantitative estimate of drug-likeness (QED) is 0.772. The number of hydrogen-bond acceptors (Lipinski definition) is 3. The largest absolute Gasteiger partial charge is 0.243 e. The zero-order chi connectivity index (χ0) is 11.6. The van der Waals surface area contributed by atoms with Gasteiger partial charge >= 0.3 is 0 Å². The number of nitrogens with zero attached hydrogens (tertiary/aromatic N) is 1. The number of aromatic nitrogens is 1. The van der Waals surface area contributed by atoms with Gasteiger partial charge in [-0.1, -0.05) is 32.4 Å². The molecule has 15 heavy (non-hydrogen) atoms. The predicted octanol–water partition coefficient (Wildman–Crippen LogP) is 2.65. The van der Waals surface area contributed by atoms with Gasteiger partial charge in [0.25, 0.3) is 0 Å². The Morgan fingerprint density at radius 1 is 1.47 bits per heavy atom.